The number of benzene rings is 1. The Balaban J connectivity index is 2.06. The lowest BCUT2D eigenvalue weighted by Gasteiger charge is -2.19. The van der Waals surface area contributed by atoms with Crippen molar-refractivity contribution < 1.29 is 13.2 Å². The van der Waals surface area contributed by atoms with Crippen LogP contribution in [0.25, 0.3) is 11.0 Å². The highest BCUT2D eigenvalue weighted by atomic mass is 19.4. The van der Waals surface area contributed by atoms with Crippen molar-refractivity contribution in [2.24, 2.45) is 5.73 Å². The molecule has 102 valence electrons. The van der Waals surface area contributed by atoms with Crippen molar-refractivity contribution in [3.8, 4) is 0 Å². The van der Waals surface area contributed by atoms with Crippen LogP contribution in [-0.2, 0) is 11.7 Å². The minimum Gasteiger partial charge on any atom is -0.340 e. The molecule has 1 aliphatic carbocycles. The number of rotatable bonds is 1. The molecule has 6 heteroatoms. The van der Waals surface area contributed by atoms with Crippen molar-refractivity contribution in [1.82, 2.24) is 9.97 Å². The zero-order valence-electron chi connectivity index (χ0n) is 10.2. The van der Waals surface area contributed by atoms with Gasteiger partial charge in [0.05, 0.1) is 22.1 Å². The first kappa shape index (κ1) is 12.5. The van der Waals surface area contributed by atoms with E-state index in [9.17, 15) is 13.2 Å². The average molecular weight is 269 g/mol. The minimum absolute atomic E-state index is 0.390. The number of aromatic amines is 1. The summed E-state index contributed by atoms with van der Waals surface area (Å²) < 4.78 is 37.9. The van der Waals surface area contributed by atoms with E-state index in [4.69, 9.17) is 5.73 Å². The van der Waals surface area contributed by atoms with Gasteiger partial charge in [-0.25, -0.2) is 4.98 Å². The molecule has 3 N–H and O–H groups in total. The predicted octanol–water partition coefficient (Wildman–Crippen LogP) is 3.31. The molecule has 1 aromatic carbocycles. The number of nitrogens with one attached hydrogen (secondary N) is 1. The normalized spacial score (nSPS) is 19.2. The zero-order chi connectivity index (χ0) is 13.7. The summed E-state index contributed by atoms with van der Waals surface area (Å²) in [6.45, 7) is 0. The summed E-state index contributed by atoms with van der Waals surface area (Å²) in [5.41, 5.74) is 5.98. The third kappa shape index (κ3) is 2.10. The van der Waals surface area contributed by atoms with E-state index >= 15 is 0 Å². The van der Waals surface area contributed by atoms with Crippen molar-refractivity contribution in [1.29, 1.82) is 0 Å². The number of imidazole rings is 1. The number of hydrogen-bond acceptors (Lipinski definition) is 2. The first-order chi connectivity index (χ1) is 8.88. The Hall–Kier alpha value is -1.56. The molecule has 1 heterocycles. The Kier molecular flexibility index (Phi) is 2.60. The fraction of sp³-hybridized carbons (Fsp3) is 0.462. The number of H-pyrrole nitrogens is 1. The van der Waals surface area contributed by atoms with Gasteiger partial charge in [-0.05, 0) is 31.0 Å². The van der Waals surface area contributed by atoms with Crippen molar-refractivity contribution >= 4 is 11.0 Å². The minimum atomic E-state index is -4.34. The molecule has 0 atom stereocenters. The highest BCUT2D eigenvalue weighted by molar-refractivity contribution is 5.76. The van der Waals surface area contributed by atoms with Gasteiger partial charge >= 0.3 is 6.18 Å². The van der Waals surface area contributed by atoms with Gasteiger partial charge in [-0.1, -0.05) is 12.8 Å². The second-order valence-corrected chi connectivity index (χ2v) is 5.18. The van der Waals surface area contributed by atoms with Gasteiger partial charge < -0.3 is 10.7 Å². The number of halogens is 3. The van der Waals surface area contributed by atoms with Gasteiger partial charge in [0.25, 0.3) is 0 Å². The quantitative estimate of drug-likeness (QED) is 0.834. The van der Waals surface area contributed by atoms with Crippen LogP contribution in [0.4, 0.5) is 13.2 Å². The van der Waals surface area contributed by atoms with Gasteiger partial charge in [0, 0.05) is 0 Å². The summed E-state index contributed by atoms with van der Waals surface area (Å²) in [5.74, 6) is 0.597. The monoisotopic (exact) mass is 269 g/mol. The smallest absolute Gasteiger partial charge is 0.340 e. The van der Waals surface area contributed by atoms with Gasteiger partial charge in [0.2, 0.25) is 0 Å². The maximum atomic E-state index is 12.6. The van der Waals surface area contributed by atoms with Crippen molar-refractivity contribution in [2.45, 2.75) is 37.4 Å². The Labute approximate surface area is 108 Å². The third-order valence-electron chi connectivity index (χ3n) is 3.78. The molecule has 19 heavy (non-hydrogen) atoms. The summed E-state index contributed by atoms with van der Waals surface area (Å²) in [4.78, 5) is 7.30. The van der Waals surface area contributed by atoms with E-state index in [1.807, 2.05) is 0 Å². The maximum Gasteiger partial charge on any atom is 0.416 e. The highest BCUT2D eigenvalue weighted by Crippen LogP contribution is 2.36. The zero-order valence-corrected chi connectivity index (χ0v) is 10.2. The molecule has 2 aromatic rings. The van der Waals surface area contributed by atoms with E-state index in [1.165, 1.54) is 6.07 Å². The largest absolute Gasteiger partial charge is 0.416 e. The lowest BCUT2D eigenvalue weighted by molar-refractivity contribution is -0.137. The molecule has 0 spiro atoms. The summed E-state index contributed by atoms with van der Waals surface area (Å²) in [6, 6.07) is 3.52. The molecular weight excluding hydrogens is 255 g/mol. The highest BCUT2D eigenvalue weighted by Gasteiger charge is 2.35. The predicted molar refractivity (Wildman–Crippen MR) is 65.4 cm³/mol. The second-order valence-electron chi connectivity index (χ2n) is 5.18. The van der Waals surface area contributed by atoms with E-state index in [0.717, 1.165) is 37.8 Å². The van der Waals surface area contributed by atoms with Crippen LogP contribution in [0, 0.1) is 0 Å². The first-order valence-electron chi connectivity index (χ1n) is 6.25. The van der Waals surface area contributed by atoms with Crippen LogP contribution in [0.2, 0.25) is 0 Å². The van der Waals surface area contributed by atoms with Gasteiger partial charge in [0.1, 0.15) is 5.82 Å². The first-order valence-corrected chi connectivity index (χ1v) is 6.25. The molecule has 0 amide bonds. The van der Waals surface area contributed by atoms with Crippen LogP contribution in [0.3, 0.4) is 0 Å². The Morgan fingerprint density at radius 3 is 2.53 bits per heavy atom. The van der Waals surface area contributed by atoms with Gasteiger partial charge in [0.15, 0.2) is 0 Å². The van der Waals surface area contributed by atoms with Crippen molar-refractivity contribution in [2.75, 3.05) is 0 Å². The molecule has 0 unspecified atom stereocenters. The fourth-order valence-electron chi connectivity index (χ4n) is 2.66. The third-order valence-corrected chi connectivity index (χ3v) is 3.78. The Morgan fingerprint density at radius 1 is 1.21 bits per heavy atom. The molecule has 1 aliphatic rings. The van der Waals surface area contributed by atoms with E-state index in [-0.39, 0.29) is 0 Å². The van der Waals surface area contributed by atoms with E-state index < -0.39 is 17.3 Å². The SMILES string of the molecule is NC1(c2nc3ccc(C(F)(F)F)cc3[nH]2)CCCC1. The van der Waals surface area contributed by atoms with Crippen LogP contribution in [0.5, 0.6) is 0 Å². The second kappa shape index (κ2) is 3.96. The topological polar surface area (TPSA) is 54.7 Å². The lowest BCUT2D eigenvalue weighted by Crippen LogP contribution is -2.34. The van der Waals surface area contributed by atoms with Gasteiger partial charge in [-0.15, -0.1) is 0 Å². The van der Waals surface area contributed by atoms with Crippen molar-refractivity contribution in [3.63, 3.8) is 0 Å². The Morgan fingerprint density at radius 2 is 1.89 bits per heavy atom. The number of nitrogens with zero attached hydrogens (tertiary/aromatic N) is 1. The molecule has 0 saturated heterocycles. The fourth-order valence-corrected chi connectivity index (χ4v) is 2.66. The van der Waals surface area contributed by atoms with Gasteiger partial charge in [-0.2, -0.15) is 13.2 Å². The van der Waals surface area contributed by atoms with E-state index in [0.29, 0.717) is 16.9 Å². The van der Waals surface area contributed by atoms with Crippen LogP contribution in [0.1, 0.15) is 37.1 Å². The van der Waals surface area contributed by atoms with E-state index in [1.54, 1.807) is 0 Å². The molecular formula is C13H14F3N3. The molecule has 1 saturated carbocycles. The van der Waals surface area contributed by atoms with Crippen LogP contribution in [0.15, 0.2) is 18.2 Å². The molecule has 0 radical (unpaired) electrons. The summed E-state index contributed by atoms with van der Waals surface area (Å²) in [7, 11) is 0. The summed E-state index contributed by atoms with van der Waals surface area (Å²) >= 11 is 0. The summed E-state index contributed by atoms with van der Waals surface area (Å²) in [5, 5.41) is 0. The Bertz CT molecular complexity index is 609. The molecule has 0 aliphatic heterocycles. The maximum absolute atomic E-state index is 12.6. The standard InChI is InChI=1S/C13H14F3N3/c14-13(15,16)8-3-4-9-10(7-8)19-11(18-9)12(17)5-1-2-6-12/h3-4,7H,1-2,5-6,17H2,(H,18,19). The van der Waals surface area contributed by atoms with Crippen LogP contribution >= 0.6 is 0 Å². The van der Waals surface area contributed by atoms with Gasteiger partial charge in [-0.3, -0.25) is 0 Å². The van der Waals surface area contributed by atoms with E-state index in [2.05, 4.69) is 9.97 Å². The number of nitrogens with two attached hydrogens (primary N) is 1. The average Bonchev–Trinajstić information content (AvgIpc) is 2.93. The number of fused-ring (bicyclic) bond motifs is 1. The van der Waals surface area contributed by atoms with Crippen LogP contribution in [-0.4, -0.2) is 9.97 Å². The molecule has 3 nitrogen and oxygen atoms in total. The molecule has 3 rings (SSSR count). The van der Waals surface area contributed by atoms with Crippen molar-refractivity contribution in [3.05, 3.63) is 29.6 Å². The summed E-state index contributed by atoms with van der Waals surface area (Å²) in [6.07, 6.45) is -0.645. The molecule has 1 aromatic heterocycles. The van der Waals surface area contributed by atoms with Crippen LogP contribution < -0.4 is 5.73 Å². The lowest BCUT2D eigenvalue weighted by atomic mass is 9.99. The number of aromatic nitrogens is 2. The number of hydrogen-bond donors (Lipinski definition) is 2. The molecule has 1 fully saturated rings. The molecule has 0 bridgehead atoms. The number of alkyl halides is 3.